The summed E-state index contributed by atoms with van der Waals surface area (Å²) >= 11 is 6.25. The first-order valence-corrected chi connectivity index (χ1v) is 14.3. The molecule has 0 aromatic heterocycles. The summed E-state index contributed by atoms with van der Waals surface area (Å²) in [5.74, 6) is 0. The highest BCUT2D eigenvalue weighted by Gasteiger charge is 2.24. The first-order chi connectivity index (χ1) is 13.3. The standard InChI is InChI=1S/C21H34ClN3O2Si/c1-28(2,3)12-11-27-16-26-10-6-8-18-7-4-5-9-25(18)21-14-19(22)17(15-23)13-20(21)24/h13-14,18H,4-12,16,24H2,1-3H3/t18-/m0/s1. The van der Waals surface area contributed by atoms with Gasteiger partial charge in [-0.25, -0.2) is 0 Å². The van der Waals surface area contributed by atoms with E-state index >= 15 is 0 Å². The number of rotatable bonds is 10. The lowest BCUT2D eigenvalue weighted by Crippen LogP contribution is -2.40. The van der Waals surface area contributed by atoms with E-state index in [0.717, 1.165) is 44.5 Å². The van der Waals surface area contributed by atoms with Crippen LogP contribution in [-0.2, 0) is 9.47 Å². The molecular weight excluding hydrogens is 390 g/mol. The molecule has 0 radical (unpaired) electrons. The zero-order valence-electron chi connectivity index (χ0n) is 17.5. The van der Waals surface area contributed by atoms with Crippen molar-refractivity contribution >= 4 is 31.0 Å². The van der Waals surface area contributed by atoms with Crippen LogP contribution in [0.1, 0.15) is 37.7 Å². The third-order valence-corrected chi connectivity index (χ3v) is 7.18. The van der Waals surface area contributed by atoms with Gasteiger partial charge in [-0.1, -0.05) is 31.2 Å². The van der Waals surface area contributed by atoms with E-state index in [9.17, 15) is 0 Å². The van der Waals surface area contributed by atoms with E-state index in [1.165, 1.54) is 12.5 Å². The number of ether oxygens (including phenoxy) is 2. The van der Waals surface area contributed by atoms with Crippen LogP contribution in [0.5, 0.6) is 0 Å². The molecule has 1 aromatic carbocycles. The Morgan fingerprint density at radius 2 is 2.00 bits per heavy atom. The number of benzene rings is 1. The number of hydrogen-bond acceptors (Lipinski definition) is 5. The summed E-state index contributed by atoms with van der Waals surface area (Å²) in [5, 5.41) is 9.60. The molecule has 1 fully saturated rings. The summed E-state index contributed by atoms with van der Waals surface area (Å²) < 4.78 is 11.2. The molecule has 0 amide bonds. The van der Waals surface area contributed by atoms with E-state index in [1.807, 2.05) is 6.07 Å². The van der Waals surface area contributed by atoms with Gasteiger partial charge in [-0.05, 0) is 50.3 Å². The molecule has 1 heterocycles. The van der Waals surface area contributed by atoms with Crippen molar-refractivity contribution < 1.29 is 9.47 Å². The molecule has 0 spiro atoms. The van der Waals surface area contributed by atoms with E-state index in [0.29, 0.717) is 35.7 Å². The second-order valence-corrected chi connectivity index (χ2v) is 14.8. The lowest BCUT2D eigenvalue weighted by atomic mass is 9.96. The van der Waals surface area contributed by atoms with Gasteiger partial charge >= 0.3 is 0 Å². The normalized spacial score (nSPS) is 17.5. The molecule has 2 rings (SSSR count). The van der Waals surface area contributed by atoms with Gasteiger partial charge in [-0.3, -0.25) is 0 Å². The SMILES string of the molecule is C[Si](C)(C)CCOCOCCC[C@@H]1CCCCN1c1cc(Cl)c(C#N)cc1N. The topological polar surface area (TPSA) is 71.5 Å². The van der Waals surface area contributed by atoms with Gasteiger partial charge in [0.1, 0.15) is 12.9 Å². The number of nitrogens with two attached hydrogens (primary N) is 1. The van der Waals surface area contributed by atoms with Crippen molar-refractivity contribution in [1.29, 1.82) is 5.26 Å². The number of halogens is 1. The summed E-state index contributed by atoms with van der Waals surface area (Å²) in [4.78, 5) is 2.36. The van der Waals surface area contributed by atoms with E-state index in [-0.39, 0.29) is 0 Å². The minimum Gasteiger partial charge on any atom is -0.397 e. The minimum atomic E-state index is -1.03. The maximum atomic E-state index is 9.13. The predicted octanol–water partition coefficient (Wildman–Crippen LogP) is 5.26. The smallest absolute Gasteiger partial charge is 0.146 e. The Morgan fingerprint density at radius 3 is 2.71 bits per heavy atom. The number of nitrogens with zero attached hydrogens (tertiary/aromatic N) is 2. The van der Waals surface area contributed by atoms with Crippen LogP contribution in [0.2, 0.25) is 30.7 Å². The van der Waals surface area contributed by atoms with Crippen molar-refractivity contribution in [2.75, 3.05) is 37.2 Å². The second-order valence-electron chi connectivity index (χ2n) is 8.73. The van der Waals surface area contributed by atoms with Crippen LogP contribution in [0.25, 0.3) is 0 Å². The molecular formula is C21H34ClN3O2Si. The van der Waals surface area contributed by atoms with Gasteiger partial charge in [0.25, 0.3) is 0 Å². The monoisotopic (exact) mass is 423 g/mol. The Kier molecular flexibility index (Phi) is 9.09. The Labute approximate surface area is 175 Å². The van der Waals surface area contributed by atoms with Gasteiger partial charge in [0.05, 0.1) is 22.0 Å². The molecule has 0 unspecified atom stereocenters. The van der Waals surface area contributed by atoms with Crippen LogP contribution in [-0.4, -0.2) is 40.7 Å². The quantitative estimate of drug-likeness (QED) is 0.240. The lowest BCUT2D eigenvalue weighted by molar-refractivity contribution is -0.0506. The average Bonchev–Trinajstić information content (AvgIpc) is 2.65. The predicted molar refractivity (Wildman–Crippen MR) is 120 cm³/mol. The van der Waals surface area contributed by atoms with E-state index < -0.39 is 8.07 Å². The van der Waals surface area contributed by atoms with Crippen molar-refractivity contribution in [1.82, 2.24) is 0 Å². The molecule has 0 aliphatic carbocycles. The van der Waals surface area contributed by atoms with Crippen molar-refractivity contribution in [3.8, 4) is 6.07 Å². The van der Waals surface area contributed by atoms with Crippen LogP contribution in [0.15, 0.2) is 12.1 Å². The number of nitrogen functional groups attached to an aromatic ring is 1. The number of nitriles is 1. The van der Waals surface area contributed by atoms with Crippen LogP contribution >= 0.6 is 11.6 Å². The second kappa shape index (κ2) is 11.1. The van der Waals surface area contributed by atoms with Crippen molar-refractivity contribution in [2.45, 2.75) is 63.8 Å². The first-order valence-electron chi connectivity index (χ1n) is 10.2. The molecule has 7 heteroatoms. The van der Waals surface area contributed by atoms with E-state index in [1.54, 1.807) is 6.07 Å². The van der Waals surface area contributed by atoms with Gasteiger partial charge in [-0.2, -0.15) is 5.26 Å². The fourth-order valence-corrected chi connectivity index (χ4v) is 4.46. The van der Waals surface area contributed by atoms with Crippen LogP contribution in [0, 0.1) is 11.3 Å². The van der Waals surface area contributed by atoms with Gasteiger partial charge < -0.3 is 20.1 Å². The fourth-order valence-electron chi connectivity index (χ4n) is 3.51. The molecule has 1 aromatic rings. The number of anilines is 2. The third-order valence-electron chi connectivity index (χ3n) is 5.16. The summed E-state index contributed by atoms with van der Waals surface area (Å²) in [5.41, 5.74) is 8.23. The van der Waals surface area contributed by atoms with Crippen LogP contribution < -0.4 is 10.6 Å². The number of piperidine rings is 1. The molecule has 1 aliphatic rings. The third kappa shape index (κ3) is 7.29. The molecule has 1 atom stereocenters. The molecule has 28 heavy (non-hydrogen) atoms. The van der Waals surface area contributed by atoms with Gasteiger partial charge in [0.15, 0.2) is 0 Å². The lowest BCUT2D eigenvalue weighted by Gasteiger charge is -2.38. The molecule has 2 N–H and O–H groups in total. The Morgan fingerprint density at radius 1 is 1.25 bits per heavy atom. The molecule has 156 valence electrons. The number of hydrogen-bond donors (Lipinski definition) is 1. The molecule has 5 nitrogen and oxygen atoms in total. The largest absolute Gasteiger partial charge is 0.397 e. The molecule has 1 aliphatic heterocycles. The fraction of sp³-hybridized carbons (Fsp3) is 0.667. The average molecular weight is 424 g/mol. The highest BCUT2D eigenvalue weighted by molar-refractivity contribution is 6.76. The Balaban J connectivity index is 1.79. The van der Waals surface area contributed by atoms with E-state index in [4.69, 9.17) is 32.1 Å². The molecule has 1 saturated heterocycles. The Hall–Kier alpha value is -1.26. The highest BCUT2D eigenvalue weighted by atomic mass is 35.5. The van der Waals surface area contributed by atoms with Crippen LogP contribution in [0.4, 0.5) is 11.4 Å². The summed E-state index contributed by atoms with van der Waals surface area (Å²) in [6, 6.07) is 7.22. The van der Waals surface area contributed by atoms with E-state index in [2.05, 4.69) is 30.6 Å². The summed E-state index contributed by atoms with van der Waals surface area (Å²) in [6.07, 6.45) is 5.55. The van der Waals surface area contributed by atoms with Crippen molar-refractivity contribution in [3.63, 3.8) is 0 Å². The highest BCUT2D eigenvalue weighted by Crippen LogP contribution is 2.35. The first kappa shape index (κ1) is 23.0. The zero-order chi connectivity index (χ0) is 20.6. The van der Waals surface area contributed by atoms with Crippen LogP contribution in [0.3, 0.4) is 0 Å². The molecule has 0 saturated carbocycles. The summed E-state index contributed by atoms with van der Waals surface area (Å²) in [6.45, 7) is 9.91. The summed E-state index contributed by atoms with van der Waals surface area (Å²) in [7, 11) is -1.03. The Bertz CT molecular complexity index is 673. The van der Waals surface area contributed by atoms with Gasteiger partial charge in [-0.15, -0.1) is 0 Å². The minimum absolute atomic E-state index is 0.386. The van der Waals surface area contributed by atoms with Crippen molar-refractivity contribution in [2.24, 2.45) is 0 Å². The maximum Gasteiger partial charge on any atom is 0.146 e. The van der Waals surface area contributed by atoms with Gasteiger partial charge in [0.2, 0.25) is 0 Å². The van der Waals surface area contributed by atoms with Crippen molar-refractivity contribution in [3.05, 3.63) is 22.7 Å². The molecule has 0 bridgehead atoms. The zero-order valence-corrected chi connectivity index (χ0v) is 19.2. The van der Waals surface area contributed by atoms with Gasteiger partial charge in [0, 0.05) is 33.9 Å². The maximum absolute atomic E-state index is 9.13.